The lowest BCUT2D eigenvalue weighted by Crippen LogP contribution is -2.26. The van der Waals surface area contributed by atoms with Crippen molar-refractivity contribution in [1.82, 2.24) is 10.6 Å². The maximum absolute atomic E-state index is 11.9. The molecule has 1 rings (SSSR count). The van der Waals surface area contributed by atoms with Gasteiger partial charge in [-0.2, -0.15) is 0 Å². The Bertz CT molecular complexity index is 433. The zero-order chi connectivity index (χ0) is 16.5. The van der Waals surface area contributed by atoms with E-state index in [1.807, 2.05) is 0 Å². The summed E-state index contributed by atoms with van der Waals surface area (Å²) in [6, 6.07) is 6.79. The minimum absolute atomic E-state index is 0.0904. The molecule has 0 aliphatic rings. The van der Waals surface area contributed by atoms with Gasteiger partial charge in [0.15, 0.2) is 0 Å². The molecule has 0 saturated heterocycles. The lowest BCUT2D eigenvalue weighted by Gasteiger charge is -2.09. The first kappa shape index (κ1) is 18.2. The van der Waals surface area contributed by atoms with E-state index in [2.05, 4.69) is 38.3 Å². The van der Waals surface area contributed by atoms with Crippen LogP contribution in [-0.4, -0.2) is 24.9 Å². The van der Waals surface area contributed by atoms with Crippen molar-refractivity contribution in [2.24, 2.45) is 11.8 Å². The van der Waals surface area contributed by atoms with Gasteiger partial charge in [-0.1, -0.05) is 27.7 Å². The lowest BCUT2D eigenvalue weighted by molar-refractivity contribution is 0.0940. The van der Waals surface area contributed by atoms with Gasteiger partial charge in [0.1, 0.15) is 0 Å². The number of carbonyl (C=O) groups is 2. The van der Waals surface area contributed by atoms with Crippen LogP contribution in [0.1, 0.15) is 61.3 Å². The summed E-state index contributed by atoms with van der Waals surface area (Å²) in [6.45, 7) is 9.84. The highest BCUT2D eigenvalue weighted by Crippen LogP contribution is 2.06. The summed E-state index contributed by atoms with van der Waals surface area (Å²) in [7, 11) is 0. The maximum Gasteiger partial charge on any atom is 0.251 e. The van der Waals surface area contributed by atoms with Crippen molar-refractivity contribution in [3.8, 4) is 0 Å². The van der Waals surface area contributed by atoms with Crippen LogP contribution < -0.4 is 10.6 Å². The molecular formula is C18H28N2O2. The fraction of sp³-hybridized carbons (Fsp3) is 0.556. The molecule has 2 amide bonds. The number of nitrogens with one attached hydrogen (secondary N) is 2. The molecule has 0 heterocycles. The van der Waals surface area contributed by atoms with E-state index in [-0.39, 0.29) is 11.8 Å². The Morgan fingerprint density at radius 2 is 1.09 bits per heavy atom. The van der Waals surface area contributed by atoms with Crippen molar-refractivity contribution in [3.05, 3.63) is 35.4 Å². The fourth-order valence-corrected chi connectivity index (χ4v) is 1.93. The summed E-state index contributed by atoms with van der Waals surface area (Å²) < 4.78 is 0. The Morgan fingerprint density at radius 3 is 1.36 bits per heavy atom. The number of amides is 2. The molecule has 0 bridgehead atoms. The first-order valence-electron chi connectivity index (χ1n) is 8.06. The third kappa shape index (κ3) is 6.74. The molecule has 1 aromatic rings. The third-order valence-electron chi connectivity index (χ3n) is 3.42. The molecule has 122 valence electrons. The second-order valence-corrected chi connectivity index (χ2v) is 6.45. The summed E-state index contributed by atoms with van der Waals surface area (Å²) in [5.74, 6) is 0.953. The van der Waals surface area contributed by atoms with Gasteiger partial charge in [-0.05, 0) is 48.9 Å². The number of carbonyl (C=O) groups excluding carboxylic acids is 2. The molecule has 0 aliphatic heterocycles. The summed E-state index contributed by atoms with van der Waals surface area (Å²) in [6.07, 6.45) is 1.92. The molecule has 0 unspecified atom stereocenters. The van der Waals surface area contributed by atoms with Gasteiger partial charge < -0.3 is 10.6 Å². The average Bonchev–Trinajstić information content (AvgIpc) is 2.46. The van der Waals surface area contributed by atoms with Gasteiger partial charge in [-0.25, -0.2) is 0 Å². The standard InChI is InChI=1S/C18H28N2O2/c1-13(2)9-11-19-17(21)15-5-7-16(8-6-15)18(22)20-12-10-14(3)4/h5-8,13-14H,9-12H2,1-4H3,(H,19,21)(H,20,22). The van der Waals surface area contributed by atoms with Crippen LogP contribution in [0.3, 0.4) is 0 Å². The predicted molar refractivity (Wildman–Crippen MR) is 90.0 cm³/mol. The van der Waals surface area contributed by atoms with Gasteiger partial charge in [0, 0.05) is 24.2 Å². The zero-order valence-electron chi connectivity index (χ0n) is 14.1. The molecule has 0 spiro atoms. The Hall–Kier alpha value is -1.84. The van der Waals surface area contributed by atoms with E-state index in [0.29, 0.717) is 36.1 Å². The van der Waals surface area contributed by atoms with Crippen LogP contribution in [0.25, 0.3) is 0 Å². The van der Waals surface area contributed by atoms with Gasteiger partial charge in [0.25, 0.3) is 11.8 Å². The number of rotatable bonds is 8. The SMILES string of the molecule is CC(C)CCNC(=O)c1ccc(C(=O)NCCC(C)C)cc1. The van der Waals surface area contributed by atoms with Crippen molar-refractivity contribution in [3.63, 3.8) is 0 Å². The third-order valence-corrected chi connectivity index (χ3v) is 3.42. The molecular weight excluding hydrogens is 276 g/mol. The van der Waals surface area contributed by atoms with Gasteiger partial charge in [0.2, 0.25) is 0 Å². The first-order chi connectivity index (χ1) is 10.4. The van der Waals surface area contributed by atoms with Crippen LogP contribution in [0.4, 0.5) is 0 Å². The molecule has 0 saturated carbocycles. The predicted octanol–water partition coefficient (Wildman–Crippen LogP) is 3.24. The van der Waals surface area contributed by atoms with Crippen LogP contribution >= 0.6 is 0 Å². The molecule has 2 N–H and O–H groups in total. The topological polar surface area (TPSA) is 58.2 Å². The van der Waals surface area contributed by atoms with E-state index >= 15 is 0 Å². The van der Waals surface area contributed by atoms with Crippen LogP contribution in [0, 0.1) is 11.8 Å². The first-order valence-corrected chi connectivity index (χ1v) is 8.06. The van der Waals surface area contributed by atoms with E-state index in [9.17, 15) is 9.59 Å². The lowest BCUT2D eigenvalue weighted by atomic mass is 10.1. The minimum atomic E-state index is -0.0904. The second kappa shape index (κ2) is 9.23. The molecule has 0 fully saturated rings. The van der Waals surface area contributed by atoms with Crippen molar-refractivity contribution >= 4 is 11.8 Å². The van der Waals surface area contributed by atoms with E-state index in [0.717, 1.165) is 12.8 Å². The van der Waals surface area contributed by atoms with Gasteiger partial charge in [-0.15, -0.1) is 0 Å². The number of hydrogen-bond acceptors (Lipinski definition) is 2. The van der Waals surface area contributed by atoms with E-state index in [1.165, 1.54) is 0 Å². The second-order valence-electron chi connectivity index (χ2n) is 6.45. The Labute approximate surface area is 133 Å². The van der Waals surface area contributed by atoms with Gasteiger partial charge in [0.05, 0.1) is 0 Å². The smallest absolute Gasteiger partial charge is 0.251 e. The Balaban J connectivity index is 2.48. The summed E-state index contributed by atoms with van der Waals surface area (Å²) in [4.78, 5) is 23.9. The molecule has 4 heteroatoms. The summed E-state index contributed by atoms with van der Waals surface area (Å²) >= 11 is 0. The van der Waals surface area contributed by atoms with Gasteiger partial charge >= 0.3 is 0 Å². The molecule has 22 heavy (non-hydrogen) atoms. The number of hydrogen-bond donors (Lipinski definition) is 2. The quantitative estimate of drug-likeness (QED) is 0.774. The van der Waals surface area contributed by atoms with Gasteiger partial charge in [-0.3, -0.25) is 9.59 Å². The highest BCUT2D eigenvalue weighted by molar-refractivity contribution is 5.97. The van der Waals surface area contributed by atoms with Crippen molar-refractivity contribution in [1.29, 1.82) is 0 Å². The minimum Gasteiger partial charge on any atom is -0.352 e. The number of benzene rings is 1. The highest BCUT2D eigenvalue weighted by Gasteiger charge is 2.08. The van der Waals surface area contributed by atoms with E-state index in [4.69, 9.17) is 0 Å². The molecule has 1 aromatic carbocycles. The normalized spacial score (nSPS) is 10.8. The summed E-state index contributed by atoms with van der Waals surface area (Å²) in [5.41, 5.74) is 1.17. The molecule has 4 nitrogen and oxygen atoms in total. The molecule has 0 aliphatic carbocycles. The Kier molecular flexibility index (Phi) is 7.64. The van der Waals surface area contributed by atoms with E-state index in [1.54, 1.807) is 24.3 Å². The Morgan fingerprint density at radius 1 is 0.773 bits per heavy atom. The monoisotopic (exact) mass is 304 g/mol. The van der Waals surface area contributed by atoms with Crippen molar-refractivity contribution < 1.29 is 9.59 Å². The molecule has 0 radical (unpaired) electrons. The zero-order valence-corrected chi connectivity index (χ0v) is 14.1. The molecule has 0 atom stereocenters. The molecule has 0 aromatic heterocycles. The highest BCUT2D eigenvalue weighted by atomic mass is 16.2. The van der Waals surface area contributed by atoms with Crippen LogP contribution in [0.5, 0.6) is 0 Å². The largest absolute Gasteiger partial charge is 0.352 e. The van der Waals surface area contributed by atoms with Crippen LogP contribution in [-0.2, 0) is 0 Å². The maximum atomic E-state index is 11.9. The fourth-order valence-electron chi connectivity index (χ4n) is 1.93. The van der Waals surface area contributed by atoms with Crippen LogP contribution in [0.2, 0.25) is 0 Å². The van der Waals surface area contributed by atoms with E-state index < -0.39 is 0 Å². The van der Waals surface area contributed by atoms with Crippen LogP contribution in [0.15, 0.2) is 24.3 Å². The van der Waals surface area contributed by atoms with Crippen molar-refractivity contribution in [2.45, 2.75) is 40.5 Å². The van der Waals surface area contributed by atoms with Crippen molar-refractivity contribution in [2.75, 3.05) is 13.1 Å². The average molecular weight is 304 g/mol. The summed E-state index contributed by atoms with van der Waals surface area (Å²) in [5, 5.41) is 5.77.